The van der Waals surface area contributed by atoms with Crippen LogP contribution in [0.2, 0.25) is 0 Å². The Morgan fingerprint density at radius 2 is 1.90 bits per heavy atom. The molecule has 1 unspecified atom stereocenters. The number of piperidine rings is 1. The lowest BCUT2D eigenvalue weighted by Crippen LogP contribution is -2.36. The van der Waals surface area contributed by atoms with E-state index in [-0.39, 0.29) is 0 Å². The molecule has 1 aliphatic heterocycles. The van der Waals surface area contributed by atoms with Gasteiger partial charge in [-0.15, -0.1) is 0 Å². The molecule has 0 radical (unpaired) electrons. The summed E-state index contributed by atoms with van der Waals surface area (Å²) in [6.45, 7) is 10.8. The second-order valence-electron chi connectivity index (χ2n) is 6.19. The monoisotopic (exact) mass is 274 g/mol. The molecule has 112 valence electrons. The van der Waals surface area contributed by atoms with Crippen molar-refractivity contribution in [1.29, 1.82) is 0 Å². The van der Waals surface area contributed by atoms with Gasteiger partial charge in [0.2, 0.25) is 0 Å². The molecule has 1 aliphatic rings. The van der Waals surface area contributed by atoms with E-state index in [0.29, 0.717) is 5.92 Å². The third kappa shape index (κ3) is 4.92. The molecule has 1 aromatic rings. The molecule has 1 atom stereocenters. The Kier molecular flexibility index (Phi) is 6.55. The Morgan fingerprint density at radius 1 is 1.20 bits per heavy atom. The molecule has 0 spiro atoms. The van der Waals surface area contributed by atoms with Gasteiger partial charge in [0.25, 0.3) is 0 Å². The fourth-order valence-electron chi connectivity index (χ4n) is 3.13. The van der Waals surface area contributed by atoms with Gasteiger partial charge in [-0.3, -0.25) is 0 Å². The topological polar surface area (TPSA) is 15.3 Å². The minimum absolute atomic E-state index is 0.665. The van der Waals surface area contributed by atoms with E-state index in [2.05, 4.69) is 54.4 Å². The number of rotatable bonds is 7. The molecule has 0 bridgehead atoms. The molecule has 1 fully saturated rings. The molecule has 2 nitrogen and oxygen atoms in total. The normalized spacial score (nSPS) is 18.4. The van der Waals surface area contributed by atoms with Crippen LogP contribution in [0.1, 0.15) is 44.6 Å². The van der Waals surface area contributed by atoms with E-state index in [1.807, 2.05) is 0 Å². The average Bonchev–Trinajstić information content (AvgIpc) is 2.53. The smallest absolute Gasteiger partial charge is 0.00105 e. The number of nitrogens with zero attached hydrogens (tertiary/aromatic N) is 1. The van der Waals surface area contributed by atoms with E-state index < -0.39 is 0 Å². The Labute approximate surface area is 124 Å². The minimum Gasteiger partial charge on any atom is -0.317 e. The zero-order chi connectivity index (χ0) is 14.2. The molecule has 0 aromatic heterocycles. The Balaban J connectivity index is 1.75. The second-order valence-corrected chi connectivity index (χ2v) is 6.19. The molecule has 1 saturated heterocycles. The van der Waals surface area contributed by atoms with Gasteiger partial charge >= 0.3 is 0 Å². The summed E-state index contributed by atoms with van der Waals surface area (Å²) in [5.74, 6) is 1.57. The van der Waals surface area contributed by atoms with Crippen molar-refractivity contribution < 1.29 is 0 Å². The van der Waals surface area contributed by atoms with E-state index in [9.17, 15) is 0 Å². The number of benzene rings is 1. The highest BCUT2D eigenvalue weighted by atomic mass is 15.1. The highest BCUT2D eigenvalue weighted by Gasteiger charge is 2.16. The molecule has 1 N–H and O–H groups in total. The van der Waals surface area contributed by atoms with E-state index in [1.54, 1.807) is 0 Å². The summed E-state index contributed by atoms with van der Waals surface area (Å²) in [5.41, 5.74) is 1.48. The molecule has 0 saturated carbocycles. The van der Waals surface area contributed by atoms with Gasteiger partial charge in [0.1, 0.15) is 0 Å². The molecule has 2 heteroatoms. The zero-order valence-electron chi connectivity index (χ0n) is 13.1. The summed E-state index contributed by atoms with van der Waals surface area (Å²) >= 11 is 0. The first-order chi connectivity index (χ1) is 9.79. The van der Waals surface area contributed by atoms with Gasteiger partial charge in [-0.2, -0.15) is 0 Å². The fourth-order valence-corrected chi connectivity index (χ4v) is 3.13. The van der Waals surface area contributed by atoms with Gasteiger partial charge in [0.05, 0.1) is 0 Å². The van der Waals surface area contributed by atoms with Crippen LogP contribution in [0.4, 0.5) is 0 Å². The van der Waals surface area contributed by atoms with Crippen molar-refractivity contribution in [3.05, 3.63) is 35.9 Å². The molecule has 1 aromatic carbocycles. The van der Waals surface area contributed by atoms with Crippen LogP contribution in [0.15, 0.2) is 30.3 Å². The van der Waals surface area contributed by atoms with Crippen LogP contribution >= 0.6 is 0 Å². The highest BCUT2D eigenvalue weighted by Crippen LogP contribution is 2.20. The van der Waals surface area contributed by atoms with Gasteiger partial charge in [-0.1, -0.05) is 44.2 Å². The molecule has 2 rings (SSSR count). The van der Waals surface area contributed by atoms with Crippen LogP contribution in [-0.4, -0.2) is 37.6 Å². The first-order valence-electron chi connectivity index (χ1n) is 8.27. The van der Waals surface area contributed by atoms with Crippen LogP contribution in [0.25, 0.3) is 0 Å². The fraction of sp³-hybridized carbons (Fsp3) is 0.667. The lowest BCUT2D eigenvalue weighted by molar-refractivity contribution is 0.208. The quantitative estimate of drug-likeness (QED) is 0.818. The number of hydrogen-bond donors (Lipinski definition) is 1. The summed E-state index contributed by atoms with van der Waals surface area (Å²) in [5, 5.41) is 3.46. The van der Waals surface area contributed by atoms with E-state index >= 15 is 0 Å². The van der Waals surface area contributed by atoms with Gasteiger partial charge in [0, 0.05) is 6.54 Å². The maximum atomic E-state index is 3.46. The standard InChI is InChI=1S/C18H30N2/c1-3-20(15-17-9-12-19-13-10-17)14-11-16(2)18-7-5-4-6-8-18/h4-8,16-17,19H,3,9-15H2,1-2H3. The second kappa shape index (κ2) is 8.43. The highest BCUT2D eigenvalue weighted by molar-refractivity contribution is 5.18. The predicted octanol–water partition coefficient (Wildman–Crippen LogP) is 3.50. The summed E-state index contributed by atoms with van der Waals surface area (Å²) in [6.07, 6.45) is 3.97. The van der Waals surface area contributed by atoms with Crippen LogP contribution < -0.4 is 5.32 Å². The lowest BCUT2D eigenvalue weighted by Gasteiger charge is -2.30. The van der Waals surface area contributed by atoms with Gasteiger partial charge in [-0.05, 0) is 62.8 Å². The Bertz CT molecular complexity index is 357. The van der Waals surface area contributed by atoms with Gasteiger partial charge in [-0.25, -0.2) is 0 Å². The zero-order valence-corrected chi connectivity index (χ0v) is 13.1. The molecule has 1 heterocycles. The molecular weight excluding hydrogens is 244 g/mol. The molecular formula is C18H30N2. The number of hydrogen-bond acceptors (Lipinski definition) is 2. The number of nitrogens with one attached hydrogen (secondary N) is 1. The van der Waals surface area contributed by atoms with E-state index in [1.165, 1.54) is 57.5 Å². The third-order valence-corrected chi connectivity index (χ3v) is 4.67. The van der Waals surface area contributed by atoms with Crippen LogP contribution in [0.5, 0.6) is 0 Å². The predicted molar refractivity (Wildman–Crippen MR) is 87.2 cm³/mol. The Hall–Kier alpha value is -0.860. The van der Waals surface area contributed by atoms with Crippen LogP contribution in [0.3, 0.4) is 0 Å². The lowest BCUT2D eigenvalue weighted by atomic mass is 9.95. The first kappa shape index (κ1) is 15.5. The van der Waals surface area contributed by atoms with Crippen molar-refractivity contribution in [2.75, 3.05) is 32.7 Å². The summed E-state index contributed by atoms with van der Waals surface area (Å²) in [7, 11) is 0. The van der Waals surface area contributed by atoms with Crippen molar-refractivity contribution >= 4 is 0 Å². The summed E-state index contributed by atoms with van der Waals surface area (Å²) in [4.78, 5) is 2.65. The van der Waals surface area contributed by atoms with E-state index in [0.717, 1.165) is 5.92 Å². The maximum Gasteiger partial charge on any atom is 0.00105 e. The van der Waals surface area contributed by atoms with Crippen LogP contribution in [-0.2, 0) is 0 Å². The SMILES string of the molecule is CCN(CCC(C)c1ccccc1)CC1CCNCC1. The van der Waals surface area contributed by atoms with E-state index in [4.69, 9.17) is 0 Å². The van der Waals surface area contributed by atoms with Gasteiger partial charge < -0.3 is 10.2 Å². The average molecular weight is 274 g/mol. The molecule has 20 heavy (non-hydrogen) atoms. The maximum absolute atomic E-state index is 3.46. The van der Waals surface area contributed by atoms with Crippen LogP contribution in [0, 0.1) is 5.92 Å². The van der Waals surface area contributed by atoms with Crippen molar-refractivity contribution in [1.82, 2.24) is 10.2 Å². The van der Waals surface area contributed by atoms with Gasteiger partial charge in [0.15, 0.2) is 0 Å². The van der Waals surface area contributed by atoms with Crippen molar-refractivity contribution in [2.45, 2.75) is 39.0 Å². The molecule has 0 aliphatic carbocycles. The van der Waals surface area contributed by atoms with Crippen molar-refractivity contribution in [3.63, 3.8) is 0 Å². The first-order valence-corrected chi connectivity index (χ1v) is 8.27. The van der Waals surface area contributed by atoms with Crippen molar-refractivity contribution in [2.24, 2.45) is 5.92 Å². The minimum atomic E-state index is 0.665. The third-order valence-electron chi connectivity index (χ3n) is 4.67. The largest absolute Gasteiger partial charge is 0.317 e. The molecule has 0 amide bonds. The van der Waals surface area contributed by atoms with Crippen molar-refractivity contribution in [3.8, 4) is 0 Å². The summed E-state index contributed by atoms with van der Waals surface area (Å²) < 4.78 is 0. The summed E-state index contributed by atoms with van der Waals surface area (Å²) in [6, 6.07) is 10.9. The Morgan fingerprint density at radius 3 is 2.55 bits per heavy atom.